The average Bonchev–Trinajstić information content (AvgIpc) is 3.10. The lowest BCUT2D eigenvalue weighted by Gasteiger charge is -2.05. The second-order valence-corrected chi connectivity index (χ2v) is 8.13. The number of phenols is 1. The molecule has 0 aliphatic heterocycles. The number of para-hydroxylation sites is 1. The van der Waals surface area contributed by atoms with Gasteiger partial charge in [0.2, 0.25) is 0 Å². The van der Waals surface area contributed by atoms with Crippen LogP contribution in [0.1, 0.15) is 33.4 Å². The van der Waals surface area contributed by atoms with E-state index >= 15 is 0 Å². The molecule has 6 nitrogen and oxygen atoms in total. The number of aromatic nitrogens is 2. The Morgan fingerprint density at radius 2 is 1.93 bits per heavy atom. The molecule has 1 amide bonds. The molecule has 0 radical (unpaired) electrons. The van der Waals surface area contributed by atoms with Crippen LogP contribution in [0.3, 0.4) is 0 Å². The van der Waals surface area contributed by atoms with Gasteiger partial charge < -0.3 is 5.11 Å². The Labute approximate surface area is 165 Å². The third-order valence-corrected chi connectivity index (χ3v) is 5.75. The number of benzene rings is 2. The number of carbonyl (C=O) groups excluding carboxylic acids is 1. The highest BCUT2D eigenvalue weighted by atomic mass is 32.2. The second kappa shape index (κ2) is 8.79. The molecular weight excluding hydrogens is 380 g/mol. The summed E-state index contributed by atoms with van der Waals surface area (Å²) >= 11 is 3.19. The summed E-state index contributed by atoms with van der Waals surface area (Å²) in [5.74, 6) is 0.588. The maximum absolute atomic E-state index is 12.3. The first kappa shape index (κ1) is 19.1. The number of nitrogens with one attached hydrogen (secondary N) is 1. The summed E-state index contributed by atoms with van der Waals surface area (Å²) in [5.41, 5.74) is 5.24. The maximum Gasteiger partial charge on any atom is 0.271 e. The maximum atomic E-state index is 12.3. The standard InChI is InChI=1S/C19H18N4O2S2/c1-12(16-5-3-4-6-17(16)24)20-22-18(25)15-9-7-14(8-10-15)11-26-19-23-21-13(2)27-19/h3-10,24H,11H2,1-2H3,(H,22,25). The predicted molar refractivity (Wildman–Crippen MR) is 108 cm³/mol. The van der Waals surface area contributed by atoms with Crippen molar-refractivity contribution in [2.45, 2.75) is 23.9 Å². The fourth-order valence-electron chi connectivity index (χ4n) is 2.27. The topological polar surface area (TPSA) is 87.5 Å². The summed E-state index contributed by atoms with van der Waals surface area (Å²) in [5, 5.41) is 22.9. The van der Waals surface area contributed by atoms with Crippen molar-refractivity contribution in [2.24, 2.45) is 5.10 Å². The lowest BCUT2D eigenvalue weighted by molar-refractivity contribution is 0.0955. The van der Waals surface area contributed by atoms with Crippen LogP contribution >= 0.6 is 23.1 Å². The van der Waals surface area contributed by atoms with Crippen LogP contribution in [0.5, 0.6) is 5.75 Å². The minimum Gasteiger partial charge on any atom is -0.507 e. The molecule has 0 unspecified atom stereocenters. The van der Waals surface area contributed by atoms with Gasteiger partial charge in [-0.15, -0.1) is 10.2 Å². The monoisotopic (exact) mass is 398 g/mol. The summed E-state index contributed by atoms with van der Waals surface area (Å²) in [6.45, 7) is 3.66. The van der Waals surface area contributed by atoms with Gasteiger partial charge in [0.05, 0.1) is 5.71 Å². The molecule has 2 N–H and O–H groups in total. The molecule has 8 heteroatoms. The molecule has 3 rings (SSSR count). The van der Waals surface area contributed by atoms with Gasteiger partial charge >= 0.3 is 0 Å². The number of nitrogens with zero attached hydrogens (tertiary/aromatic N) is 3. The number of hydrazone groups is 1. The van der Waals surface area contributed by atoms with Gasteiger partial charge in [-0.1, -0.05) is 47.4 Å². The second-order valence-electron chi connectivity index (χ2n) is 5.73. The fourth-order valence-corrected chi connectivity index (χ4v) is 4.04. The zero-order valence-corrected chi connectivity index (χ0v) is 16.5. The molecular formula is C19H18N4O2S2. The first-order chi connectivity index (χ1) is 13.0. The smallest absolute Gasteiger partial charge is 0.271 e. The molecule has 138 valence electrons. The molecule has 0 bridgehead atoms. The highest BCUT2D eigenvalue weighted by Gasteiger charge is 2.08. The van der Waals surface area contributed by atoms with E-state index in [2.05, 4.69) is 20.7 Å². The van der Waals surface area contributed by atoms with Crippen molar-refractivity contribution in [2.75, 3.05) is 0 Å². The molecule has 0 saturated carbocycles. The first-order valence-corrected chi connectivity index (χ1v) is 9.98. The summed E-state index contributed by atoms with van der Waals surface area (Å²) in [6, 6.07) is 14.2. The van der Waals surface area contributed by atoms with Crippen LogP contribution in [0.25, 0.3) is 0 Å². The van der Waals surface area contributed by atoms with E-state index in [0.717, 1.165) is 20.7 Å². The van der Waals surface area contributed by atoms with Crippen LogP contribution in [0.2, 0.25) is 0 Å². The molecule has 1 aromatic heterocycles. The van der Waals surface area contributed by atoms with E-state index in [0.29, 0.717) is 16.8 Å². The van der Waals surface area contributed by atoms with Crippen LogP contribution in [-0.4, -0.2) is 26.9 Å². The van der Waals surface area contributed by atoms with Crippen molar-refractivity contribution in [3.63, 3.8) is 0 Å². The highest BCUT2D eigenvalue weighted by Crippen LogP contribution is 2.25. The van der Waals surface area contributed by atoms with Gasteiger partial charge in [0.15, 0.2) is 4.34 Å². The molecule has 0 aliphatic carbocycles. The van der Waals surface area contributed by atoms with Crippen molar-refractivity contribution < 1.29 is 9.90 Å². The number of aromatic hydroxyl groups is 1. The van der Waals surface area contributed by atoms with Crippen LogP contribution in [0.15, 0.2) is 58.0 Å². The van der Waals surface area contributed by atoms with E-state index in [1.54, 1.807) is 66.4 Å². The Kier molecular flexibility index (Phi) is 6.20. The zero-order valence-electron chi connectivity index (χ0n) is 14.8. The van der Waals surface area contributed by atoms with Gasteiger partial charge in [0, 0.05) is 16.9 Å². The number of hydrogen-bond donors (Lipinski definition) is 2. The fraction of sp³-hybridized carbons (Fsp3) is 0.158. The summed E-state index contributed by atoms with van der Waals surface area (Å²) in [4.78, 5) is 12.3. The molecule has 0 fully saturated rings. The van der Waals surface area contributed by atoms with Gasteiger partial charge in [-0.05, 0) is 43.7 Å². The molecule has 1 heterocycles. The first-order valence-electron chi connectivity index (χ1n) is 8.18. The summed E-state index contributed by atoms with van der Waals surface area (Å²) < 4.78 is 0.934. The van der Waals surface area contributed by atoms with Gasteiger partial charge in [0.1, 0.15) is 10.8 Å². The number of rotatable bonds is 6. The Morgan fingerprint density at radius 3 is 2.59 bits per heavy atom. The van der Waals surface area contributed by atoms with E-state index in [4.69, 9.17) is 0 Å². The number of amides is 1. The molecule has 0 saturated heterocycles. The number of thioether (sulfide) groups is 1. The lowest BCUT2D eigenvalue weighted by atomic mass is 10.1. The predicted octanol–water partition coefficient (Wildman–Crippen LogP) is 4.00. The van der Waals surface area contributed by atoms with E-state index in [9.17, 15) is 9.90 Å². The highest BCUT2D eigenvalue weighted by molar-refractivity contribution is 8.00. The molecule has 0 aliphatic rings. The SMILES string of the molecule is CC(=NNC(=O)c1ccc(CSc2nnc(C)s2)cc1)c1ccccc1O. The zero-order chi connectivity index (χ0) is 19.2. The van der Waals surface area contributed by atoms with Gasteiger partial charge in [-0.3, -0.25) is 4.79 Å². The molecule has 3 aromatic rings. The summed E-state index contributed by atoms with van der Waals surface area (Å²) in [6.07, 6.45) is 0. The quantitative estimate of drug-likeness (QED) is 0.372. The van der Waals surface area contributed by atoms with Crippen LogP contribution in [-0.2, 0) is 5.75 Å². The van der Waals surface area contributed by atoms with Gasteiger partial charge in [-0.25, -0.2) is 5.43 Å². The van der Waals surface area contributed by atoms with E-state index < -0.39 is 0 Å². The van der Waals surface area contributed by atoms with Crippen molar-refractivity contribution >= 4 is 34.7 Å². The Morgan fingerprint density at radius 1 is 1.19 bits per heavy atom. The van der Waals surface area contributed by atoms with Crippen LogP contribution < -0.4 is 5.43 Å². The molecule has 0 atom stereocenters. The van der Waals surface area contributed by atoms with Crippen LogP contribution in [0.4, 0.5) is 0 Å². The van der Waals surface area contributed by atoms with Crippen molar-refractivity contribution in [3.8, 4) is 5.75 Å². The number of carbonyl (C=O) groups is 1. The number of hydrogen-bond acceptors (Lipinski definition) is 7. The van der Waals surface area contributed by atoms with E-state index in [-0.39, 0.29) is 11.7 Å². The lowest BCUT2D eigenvalue weighted by Crippen LogP contribution is -2.19. The third-order valence-electron chi connectivity index (χ3n) is 3.70. The number of aryl methyl sites for hydroxylation is 1. The van der Waals surface area contributed by atoms with Crippen molar-refractivity contribution in [1.29, 1.82) is 0 Å². The molecule has 27 heavy (non-hydrogen) atoms. The Hall–Kier alpha value is -2.71. The van der Waals surface area contributed by atoms with Crippen LogP contribution in [0, 0.1) is 6.92 Å². The Bertz CT molecular complexity index is 968. The molecule has 0 spiro atoms. The largest absolute Gasteiger partial charge is 0.507 e. The normalized spacial score (nSPS) is 11.4. The molecule has 2 aromatic carbocycles. The van der Waals surface area contributed by atoms with Gasteiger partial charge in [0.25, 0.3) is 5.91 Å². The van der Waals surface area contributed by atoms with Crippen molar-refractivity contribution in [1.82, 2.24) is 15.6 Å². The number of phenolic OH excluding ortho intramolecular Hbond substituents is 1. The minimum atomic E-state index is -0.302. The minimum absolute atomic E-state index is 0.125. The third kappa shape index (κ3) is 5.15. The van der Waals surface area contributed by atoms with E-state index in [1.807, 2.05) is 19.1 Å². The Balaban J connectivity index is 1.58. The van der Waals surface area contributed by atoms with Gasteiger partial charge in [-0.2, -0.15) is 5.10 Å². The van der Waals surface area contributed by atoms with Crippen molar-refractivity contribution in [3.05, 3.63) is 70.2 Å². The summed E-state index contributed by atoms with van der Waals surface area (Å²) in [7, 11) is 0. The average molecular weight is 399 g/mol. The van der Waals surface area contributed by atoms with E-state index in [1.165, 1.54) is 0 Å².